The lowest BCUT2D eigenvalue weighted by Gasteiger charge is -2.12. The third-order valence-corrected chi connectivity index (χ3v) is 2.92. The molecule has 1 aromatic carbocycles. The minimum absolute atomic E-state index is 0.000733. The van der Waals surface area contributed by atoms with Crippen LogP contribution in [0, 0.1) is 0 Å². The van der Waals surface area contributed by atoms with Gasteiger partial charge in [-0.25, -0.2) is 13.1 Å². The van der Waals surface area contributed by atoms with Gasteiger partial charge in [0.25, 0.3) is 0 Å². The summed E-state index contributed by atoms with van der Waals surface area (Å²) in [6, 6.07) is 5.10. The van der Waals surface area contributed by atoms with Gasteiger partial charge in [-0.1, -0.05) is 18.2 Å². The fourth-order valence-electron chi connectivity index (χ4n) is 1.40. The molecule has 4 nitrogen and oxygen atoms in total. The summed E-state index contributed by atoms with van der Waals surface area (Å²) in [5.41, 5.74) is -0.722. The molecule has 0 aliphatic carbocycles. The molecule has 0 saturated carbocycles. The van der Waals surface area contributed by atoms with Crippen molar-refractivity contribution in [2.45, 2.75) is 12.8 Å². The van der Waals surface area contributed by atoms with Gasteiger partial charge < -0.3 is 4.74 Å². The lowest BCUT2D eigenvalue weighted by Crippen LogP contribution is -2.26. The highest BCUT2D eigenvalue weighted by molar-refractivity contribution is 7.88. The van der Waals surface area contributed by atoms with E-state index < -0.39 is 21.8 Å². The van der Waals surface area contributed by atoms with Crippen LogP contribution in [0.3, 0.4) is 0 Å². The number of hydrogen-bond acceptors (Lipinski definition) is 3. The van der Waals surface area contributed by atoms with Gasteiger partial charge in [-0.3, -0.25) is 0 Å². The zero-order valence-corrected chi connectivity index (χ0v) is 11.0. The van der Waals surface area contributed by atoms with Crippen LogP contribution in [0.2, 0.25) is 0 Å². The molecule has 0 radical (unpaired) electrons. The first-order valence-corrected chi connectivity index (χ1v) is 7.27. The number of rotatable bonds is 6. The zero-order chi connectivity index (χ0) is 14.5. The number of halogens is 3. The maximum Gasteiger partial charge on any atom is 0.416 e. The lowest BCUT2D eigenvalue weighted by atomic mass is 10.1. The normalized spacial score (nSPS) is 12.6. The van der Waals surface area contributed by atoms with E-state index in [9.17, 15) is 21.6 Å². The zero-order valence-electron chi connectivity index (χ0n) is 10.2. The van der Waals surface area contributed by atoms with Crippen molar-refractivity contribution >= 4 is 10.0 Å². The Labute approximate surface area is 109 Å². The lowest BCUT2D eigenvalue weighted by molar-refractivity contribution is -0.138. The Kier molecular flexibility index (Phi) is 5.33. The highest BCUT2D eigenvalue weighted by Crippen LogP contribution is 2.31. The second-order valence-electron chi connectivity index (χ2n) is 3.87. The first-order valence-electron chi connectivity index (χ1n) is 5.37. The molecule has 0 fully saturated rings. The molecule has 0 spiro atoms. The molecule has 1 N–H and O–H groups in total. The van der Waals surface area contributed by atoms with Crippen molar-refractivity contribution in [1.29, 1.82) is 0 Å². The van der Waals surface area contributed by atoms with Crippen LogP contribution in [0.5, 0.6) is 0 Å². The molecule has 0 unspecified atom stereocenters. The van der Waals surface area contributed by atoms with E-state index in [0.29, 0.717) is 0 Å². The molecule has 1 rings (SSSR count). The van der Waals surface area contributed by atoms with Crippen LogP contribution in [0.4, 0.5) is 13.2 Å². The number of benzene rings is 1. The second-order valence-corrected chi connectivity index (χ2v) is 5.71. The first-order chi connectivity index (χ1) is 8.70. The van der Waals surface area contributed by atoms with E-state index in [1.54, 1.807) is 0 Å². The molecular weight excluding hydrogens is 283 g/mol. The average Bonchev–Trinajstić information content (AvgIpc) is 2.26. The van der Waals surface area contributed by atoms with Crippen LogP contribution in [0.1, 0.15) is 11.1 Å². The van der Waals surface area contributed by atoms with Crippen molar-refractivity contribution in [3.05, 3.63) is 35.4 Å². The molecule has 0 amide bonds. The van der Waals surface area contributed by atoms with E-state index >= 15 is 0 Å². The third kappa shape index (κ3) is 6.04. The van der Waals surface area contributed by atoms with Crippen molar-refractivity contribution in [2.75, 3.05) is 19.4 Å². The molecule has 19 heavy (non-hydrogen) atoms. The Morgan fingerprint density at radius 3 is 2.47 bits per heavy atom. The number of alkyl halides is 3. The minimum atomic E-state index is -4.43. The van der Waals surface area contributed by atoms with Gasteiger partial charge in [-0.2, -0.15) is 13.2 Å². The maximum atomic E-state index is 12.6. The largest absolute Gasteiger partial charge is 0.416 e. The van der Waals surface area contributed by atoms with Crippen LogP contribution >= 0.6 is 0 Å². The van der Waals surface area contributed by atoms with Gasteiger partial charge in [0.15, 0.2) is 0 Å². The smallest absolute Gasteiger partial charge is 0.375 e. The van der Waals surface area contributed by atoms with Crippen LogP contribution in [0.15, 0.2) is 24.3 Å². The van der Waals surface area contributed by atoms with Crippen molar-refractivity contribution < 1.29 is 26.3 Å². The minimum Gasteiger partial charge on any atom is -0.375 e. The van der Waals surface area contributed by atoms with Gasteiger partial charge in [0.05, 0.1) is 25.0 Å². The molecule has 0 saturated heterocycles. The topological polar surface area (TPSA) is 55.4 Å². The molecule has 1 aromatic rings. The van der Waals surface area contributed by atoms with E-state index in [-0.39, 0.29) is 25.3 Å². The second kappa shape index (κ2) is 6.36. The maximum absolute atomic E-state index is 12.6. The monoisotopic (exact) mass is 297 g/mol. The Morgan fingerprint density at radius 2 is 1.89 bits per heavy atom. The van der Waals surface area contributed by atoms with Crippen LogP contribution in [-0.4, -0.2) is 27.8 Å². The van der Waals surface area contributed by atoms with Gasteiger partial charge in [0.2, 0.25) is 10.0 Å². The van der Waals surface area contributed by atoms with Gasteiger partial charge in [-0.05, 0) is 11.6 Å². The fraction of sp³-hybridized carbons (Fsp3) is 0.455. The molecule has 0 aliphatic rings. The summed E-state index contributed by atoms with van der Waals surface area (Å²) in [6.07, 6.45) is -3.43. The van der Waals surface area contributed by atoms with Crippen molar-refractivity contribution in [2.24, 2.45) is 0 Å². The molecule has 0 aromatic heterocycles. The van der Waals surface area contributed by atoms with E-state index in [4.69, 9.17) is 4.74 Å². The number of ether oxygens (including phenoxy) is 1. The molecule has 0 bridgehead atoms. The molecular formula is C11H14F3NO3S. The van der Waals surface area contributed by atoms with Gasteiger partial charge >= 0.3 is 6.18 Å². The van der Waals surface area contributed by atoms with E-state index in [1.807, 2.05) is 0 Å². The standard InChI is InChI=1S/C11H14F3NO3S/c1-19(16,17)15-6-7-18-8-9-4-2-3-5-10(9)11(12,13)14/h2-5,15H,6-8H2,1H3. The van der Waals surface area contributed by atoms with Crippen LogP contribution < -0.4 is 4.72 Å². The molecule has 0 aliphatic heterocycles. The number of sulfonamides is 1. The van der Waals surface area contributed by atoms with Crippen molar-refractivity contribution in [3.63, 3.8) is 0 Å². The Morgan fingerprint density at radius 1 is 1.26 bits per heavy atom. The molecule has 108 valence electrons. The summed E-state index contributed by atoms with van der Waals surface area (Å²) in [5.74, 6) is 0. The highest BCUT2D eigenvalue weighted by atomic mass is 32.2. The quantitative estimate of drug-likeness (QED) is 0.814. The average molecular weight is 297 g/mol. The summed E-state index contributed by atoms with van der Waals surface area (Å²) < 4.78 is 66.6. The predicted octanol–water partition coefficient (Wildman–Crippen LogP) is 1.77. The van der Waals surface area contributed by atoms with E-state index in [1.165, 1.54) is 18.2 Å². The van der Waals surface area contributed by atoms with E-state index in [0.717, 1.165) is 12.3 Å². The number of hydrogen-bond donors (Lipinski definition) is 1. The van der Waals surface area contributed by atoms with Crippen LogP contribution in [-0.2, 0) is 27.5 Å². The molecule has 0 atom stereocenters. The summed E-state index contributed by atoms with van der Waals surface area (Å²) in [6.45, 7) is -0.201. The molecule has 8 heteroatoms. The Balaban J connectivity index is 2.50. The van der Waals surface area contributed by atoms with Crippen molar-refractivity contribution in [3.8, 4) is 0 Å². The summed E-state index contributed by atoms with van der Waals surface area (Å²) in [5, 5.41) is 0. The van der Waals surface area contributed by atoms with Gasteiger partial charge in [0, 0.05) is 6.54 Å². The fourth-order valence-corrected chi connectivity index (χ4v) is 1.86. The Hall–Kier alpha value is -1.12. The molecule has 0 heterocycles. The Bertz CT molecular complexity index is 514. The summed E-state index contributed by atoms with van der Waals surface area (Å²) >= 11 is 0. The van der Waals surface area contributed by atoms with Gasteiger partial charge in [0.1, 0.15) is 0 Å². The van der Waals surface area contributed by atoms with Gasteiger partial charge in [-0.15, -0.1) is 0 Å². The predicted molar refractivity (Wildman–Crippen MR) is 63.9 cm³/mol. The first kappa shape index (κ1) is 15.9. The van der Waals surface area contributed by atoms with Crippen molar-refractivity contribution in [1.82, 2.24) is 4.72 Å². The SMILES string of the molecule is CS(=O)(=O)NCCOCc1ccccc1C(F)(F)F. The van der Waals surface area contributed by atoms with Crippen LogP contribution in [0.25, 0.3) is 0 Å². The third-order valence-electron chi connectivity index (χ3n) is 2.19. The summed E-state index contributed by atoms with van der Waals surface area (Å²) in [4.78, 5) is 0. The number of nitrogens with one attached hydrogen (secondary N) is 1. The highest BCUT2D eigenvalue weighted by Gasteiger charge is 2.32. The van der Waals surface area contributed by atoms with E-state index in [2.05, 4.69) is 4.72 Å². The summed E-state index contributed by atoms with van der Waals surface area (Å²) in [7, 11) is -3.31.